The fourth-order valence-electron chi connectivity index (χ4n) is 6.77. The summed E-state index contributed by atoms with van der Waals surface area (Å²) in [4.78, 5) is 0. The van der Waals surface area contributed by atoms with Crippen LogP contribution >= 0.6 is 31.9 Å². The van der Waals surface area contributed by atoms with E-state index in [0.29, 0.717) is 0 Å². The molecule has 238 valence electrons. The molecular weight excluding hydrogens is 712 g/mol. The Hall–Kier alpha value is -3.98. The highest BCUT2D eigenvalue weighted by atomic mass is 79.9. The molecule has 2 heteroatoms. The fraction of sp³-hybridized carbons (Fsp3) is 0.174. The van der Waals surface area contributed by atoms with Crippen LogP contribution in [0.1, 0.15) is 52.7 Å². The SMILES string of the molecule is CC(C)(C)c1ccc(-c2ccc(-c3c(-c4ccc(-c5ccc(C(C)(C)C)cc5)cc4)c4ccc(Br)cc4c4cc(Br)ccc34)cc2)cc1. The molecule has 0 nitrogen and oxygen atoms in total. The van der Waals surface area contributed by atoms with Gasteiger partial charge in [0.25, 0.3) is 0 Å². The Morgan fingerprint density at radius 1 is 0.312 bits per heavy atom. The number of hydrogen-bond donors (Lipinski definition) is 0. The highest BCUT2D eigenvalue weighted by Gasteiger charge is 2.19. The molecule has 48 heavy (non-hydrogen) atoms. The molecule has 0 aromatic heterocycles. The summed E-state index contributed by atoms with van der Waals surface area (Å²) < 4.78 is 2.15. The van der Waals surface area contributed by atoms with Crippen LogP contribution in [0.5, 0.6) is 0 Å². The van der Waals surface area contributed by atoms with Gasteiger partial charge in [-0.25, -0.2) is 0 Å². The topological polar surface area (TPSA) is 0 Å². The van der Waals surface area contributed by atoms with Gasteiger partial charge >= 0.3 is 0 Å². The zero-order valence-electron chi connectivity index (χ0n) is 28.5. The number of halogens is 2. The first-order chi connectivity index (χ1) is 22.9. The molecule has 0 saturated heterocycles. The van der Waals surface area contributed by atoms with Gasteiger partial charge in [0.05, 0.1) is 0 Å². The van der Waals surface area contributed by atoms with Crippen molar-refractivity contribution in [2.45, 2.75) is 52.4 Å². The van der Waals surface area contributed by atoms with Gasteiger partial charge in [0.2, 0.25) is 0 Å². The molecule has 7 aromatic rings. The molecular formula is C46H40Br2. The van der Waals surface area contributed by atoms with Crippen LogP contribution in [0.2, 0.25) is 0 Å². The van der Waals surface area contributed by atoms with Crippen LogP contribution in [0, 0.1) is 0 Å². The summed E-state index contributed by atoms with van der Waals surface area (Å²) in [6.07, 6.45) is 0. The fourth-order valence-corrected chi connectivity index (χ4v) is 7.49. The van der Waals surface area contributed by atoms with Crippen LogP contribution in [0.4, 0.5) is 0 Å². The number of benzene rings is 7. The van der Waals surface area contributed by atoms with Crippen LogP contribution in [0.3, 0.4) is 0 Å². The zero-order chi connectivity index (χ0) is 33.8. The van der Waals surface area contributed by atoms with Crippen LogP contribution < -0.4 is 0 Å². The first-order valence-electron chi connectivity index (χ1n) is 16.6. The average molecular weight is 753 g/mol. The van der Waals surface area contributed by atoms with E-state index in [4.69, 9.17) is 0 Å². The molecule has 0 aliphatic carbocycles. The van der Waals surface area contributed by atoms with E-state index in [-0.39, 0.29) is 10.8 Å². The Balaban J connectivity index is 1.39. The zero-order valence-corrected chi connectivity index (χ0v) is 31.6. The number of hydrogen-bond acceptors (Lipinski definition) is 0. The molecule has 0 amide bonds. The van der Waals surface area contributed by atoms with Gasteiger partial charge in [-0.3, -0.25) is 0 Å². The third kappa shape index (κ3) is 6.29. The number of fused-ring (bicyclic) bond motifs is 3. The summed E-state index contributed by atoms with van der Waals surface area (Å²) in [6.45, 7) is 13.6. The van der Waals surface area contributed by atoms with Gasteiger partial charge in [-0.05, 0) is 112 Å². The van der Waals surface area contributed by atoms with Crippen LogP contribution in [0.25, 0.3) is 66.1 Å². The first-order valence-corrected chi connectivity index (χ1v) is 18.2. The lowest BCUT2D eigenvalue weighted by Crippen LogP contribution is -2.10. The van der Waals surface area contributed by atoms with E-state index in [1.807, 2.05) is 0 Å². The van der Waals surface area contributed by atoms with E-state index in [9.17, 15) is 0 Å². The van der Waals surface area contributed by atoms with E-state index in [0.717, 1.165) is 8.95 Å². The van der Waals surface area contributed by atoms with Crippen molar-refractivity contribution >= 4 is 53.4 Å². The molecule has 0 unspecified atom stereocenters. The lowest BCUT2D eigenvalue weighted by atomic mass is 9.84. The largest absolute Gasteiger partial charge is 0.0579 e. The van der Waals surface area contributed by atoms with Gasteiger partial charge < -0.3 is 0 Å². The van der Waals surface area contributed by atoms with Crippen molar-refractivity contribution in [1.82, 2.24) is 0 Å². The molecule has 0 heterocycles. The normalized spacial score (nSPS) is 12.2. The minimum Gasteiger partial charge on any atom is -0.0579 e. The van der Waals surface area contributed by atoms with Crippen molar-refractivity contribution in [3.05, 3.63) is 154 Å². The van der Waals surface area contributed by atoms with Gasteiger partial charge in [-0.15, -0.1) is 0 Å². The maximum absolute atomic E-state index is 3.77. The smallest absolute Gasteiger partial charge is 0.0181 e. The summed E-state index contributed by atoms with van der Waals surface area (Å²) in [6, 6.07) is 49.7. The molecule has 0 N–H and O–H groups in total. The molecule has 0 fully saturated rings. The Labute approximate surface area is 302 Å². The highest BCUT2D eigenvalue weighted by Crippen LogP contribution is 2.46. The monoisotopic (exact) mass is 750 g/mol. The second kappa shape index (κ2) is 12.5. The summed E-state index contributed by atoms with van der Waals surface area (Å²) in [5.41, 5.74) is 12.8. The van der Waals surface area contributed by atoms with E-state index in [1.54, 1.807) is 0 Å². The van der Waals surface area contributed by atoms with Crippen molar-refractivity contribution in [2.24, 2.45) is 0 Å². The first kappa shape index (κ1) is 32.6. The molecule has 0 aliphatic heterocycles. The molecule has 0 spiro atoms. The Kier molecular flexibility index (Phi) is 8.47. The molecule has 0 bridgehead atoms. The van der Waals surface area contributed by atoms with Crippen LogP contribution in [-0.2, 0) is 10.8 Å². The summed E-state index contributed by atoms with van der Waals surface area (Å²) in [5, 5.41) is 4.94. The Morgan fingerprint density at radius 3 is 0.875 bits per heavy atom. The van der Waals surface area contributed by atoms with Crippen molar-refractivity contribution in [3.63, 3.8) is 0 Å². The van der Waals surface area contributed by atoms with Crippen molar-refractivity contribution in [1.29, 1.82) is 0 Å². The predicted octanol–water partition coefficient (Wildman–Crippen LogP) is 14.8. The van der Waals surface area contributed by atoms with E-state index in [2.05, 4.69) is 207 Å². The maximum atomic E-state index is 3.77. The average Bonchev–Trinajstić information content (AvgIpc) is 3.07. The third-order valence-electron chi connectivity index (χ3n) is 9.56. The molecule has 7 aromatic carbocycles. The predicted molar refractivity (Wildman–Crippen MR) is 216 cm³/mol. The van der Waals surface area contributed by atoms with Gasteiger partial charge in [-0.1, -0.05) is 183 Å². The van der Waals surface area contributed by atoms with Crippen molar-refractivity contribution < 1.29 is 0 Å². The lowest BCUT2D eigenvalue weighted by Gasteiger charge is -2.20. The number of rotatable bonds is 4. The second-order valence-electron chi connectivity index (χ2n) is 14.9. The molecule has 0 saturated carbocycles. The standard InChI is InChI=1S/C46H40Br2/c1-45(2,3)35-19-15-31(16-20-35)29-7-11-33(12-8-29)43-39-25-23-37(47)27-41(39)42-28-38(48)24-26-40(42)44(43)34-13-9-30(10-14-34)32-17-21-36(22-18-32)46(4,5)6/h7-28H,1-6H3. The molecule has 0 atom stereocenters. The summed E-state index contributed by atoms with van der Waals surface area (Å²) in [5.74, 6) is 0. The van der Waals surface area contributed by atoms with Crippen LogP contribution in [0.15, 0.2) is 142 Å². The molecule has 0 aliphatic rings. The summed E-state index contributed by atoms with van der Waals surface area (Å²) in [7, 11) is 0. The van der Waals surface area contributed by atoms with Gasteiger partial charge in [0.15, 0.2) is 0 Å². The van der Waals surface area contributed by atoms with Gasteiger partial charge in [-0.2, -0.15) is 0 Å². The van der Waals surface area contributed by atoms with Crippen molar-refractivity contribution in [2.75, 3.05) is 0 Å². The minimum absolute atomic E-state index is 0.135. The molecule has 7 rings (SSSR count). The quantitative estimate of drug-likeness (QED) is 0.157. The Bertz CT molecular complexity index is 2090. The lowest BCUT2D eigenvalue weighted by molar-refractivity contribution is 0.590. The highest BCUT2D eigenvalue weighted by molar-refractivity contribution is 9.10. The minimum atomic E-state index is 0.135. The van der Waals surface area contributed by atoms with Gasteiger partial charge in [0, 0.05) is 8.95 Å². The Morgan fingerprint density at radius 2 is 0.583 bits per heavy atom. The van der Waals surface area contributed by atoms with Crippen molar-refractivity contribution in [3.8, 4) is 44.5 Å². The maximum Gasteiger partial charge on any atom is 0.0181 e. The van der Waals surface area contributed by atoms with E-state index < -0.39 is 0 Å². The van der Waals surface area contributed by atoms with E-state index in [1.165, 1.54) is 77.2 Å². The van der Waals surface area contributed by atoms with E-state index >= 15 is 0 Å². The second-order valence-corrected chi connectivity index (χ2v) is 16.8. The van der Waals surface area contributed by atoms with Gasteiger partial charge in [0.1, 0.15) is 0 Å². The summed E-state index contributed by atoms with van der Waals surface area (Å²) >= 11 is 7.53. The third-order valence-corrected chi connectivity index (χ3v) is 10.5. The molecule has 0 radical (unpaired) electrons. The van der Waals surface area contributed by atoms with Crippen LogP contribution in [-0.4, -0.2) is 0 Å².